The standard InChI is InChI=1S/C19H15F3N4O2/c1-11-23-17(25-13-4-2-12(3-5-13)19(20,21)22)9-18(24-11)26-14-6-7-15-16(8-14)28-10-27-15/h2-9H,10H2,1H3,(H2,23,24,25,26). The summed E-state index contributed by atoms with van der Waals surface area (Å²) in [7, 11) is 0. The molecular weight excluding hydrogens is 373 g/mol. The van der Waals surface area contributed by atoms with Crippen molar-refractivity contribution in [2.75, 3.05) is 17.4 Å². The molecule has 1 aromatic heterocycles. The summed E-state index contributed by atoms with van der Waals surface area (Å²) in [6.45, 7) is 1.91. The number of anilines is 4. The number of benzene rings is 2. The SMILES string of the molecule is Cc1nc(Nc2ccc(C(F)(F)F)cc2)cc(Nc2ccc3c(c2)OCO3)n1. The van der Waals surface area contributed by atoms with Crippen molar-refractivity contribution < 1.29 is 22.6 Å². The summed E-state index contributed by atoms with van der Waals surface area (Å²) < 4.78 is 48.7. The molecule has 0 bridgehead atoms. The molecule has 3 aromatic rings. The molecule has 1 aliphatic heterocycles. The Balaban J connectivity index is 1.52. The number of nitrogens with zero attached hydrogens (tertiary/aromatic N) is 2. The van der Waals surface area contributed by atoms with E-state index in [4.69, 9.17) is 9.47 Å². The van der Waals surface area contributed by atoms with Crippen LogP contribution in [0.1, 0.15) is 11.4 Å². The number of hydrogen-bond donors (Lipinski definition) is 2. The molecule has 0 amide bonds. The van der Waals surface area contributed by atoms with Crippen molar-refractivity contribution in [1.82, 2.24) is 9.97 Å². The number of aromatic nitrogens is 2. The molecule has 0 atom stereocenters. The Labute approximate surface area is 158 Å². The summed E-state index contributed by atoms with van der Waals surface area (Å²) in [4.78, 5) is 8.60. The normalized spacial score (nSPS) is 12.7. The van der Waals surface area contributed by atoms with Gasteiger partial charge in [0.2, 0.25) is 6.79 Å². The van der Waals surface area contributed by atoms with Crippen molar-refractivity contribution >= 4 is 23.0 Å². The van der Waals surface area contributed by atoms with E-state index in [2.05, 4.69) is 20.6 Å². The molecule has 0 saturated carbocycles. The Bertz CT molecular complexity index is 1010. The molecule has 0 radical (unpaired) electrons. The first-order valence-electron chi connectivity index (χ1n) is 8.33. The molecule has 2 aromatic carbocycles. The van der Waals surface area contributed by atoms with Gasteiger partial charge in [-0.3, -0.25) is 0 Å². The topological polar surface area (TPSA) is 68.3 Å². The Morgan fingerprint density at radius 2 is 1.43 bits per heavy atom. The average molecular weight is 388 g/mol. The van der Waals surface area contributed by atoms with E-state index < -0.39 is 11.7 Å². The van der Waals surface area contributed by atoms with Crippen molar-refractivity contribution in [3.63, 3.8) is 0 Å². The Hall–Kier alpha value is -3.49. The highest BCUT2D eigenvalue weighted by atomic mass is 19.4. The summed E-state index contributed by atoms with van der Waals surface area (Å²) in [5.74, 6) is 2.80. The molecule has 0 saturated heterocycles. The molecule has 0 fully saturated rings. The van der Waals surface area contributed by atoms with E-state index in [-0.39, 0.29) is 6.79 Å². The summed E-state index contributed by atoms with van der Waals surface area (Å²) in [6, 6.07) is 11.8. The Kier molecular flexibility index (Phi) is 4.42. The fourth-order valence-electron chi connectivity index (χ4n) is 2.71. The quantitative estimate of drug-likeness (QED) is 0.654. The highest BCUT2D eigenvalue weighted by molar-refractivity contribution is 5.65. The van der Waals surface area contributed by atoms with Gasteiger partial charge in [-0.25, -0.2) is 9.97 Å². The highest BCUT2D eigenvalue weighted by Gasteiger charge is 2.29. The lowest BCUT2D eigenvalue weighted by atomic mass is 10.2. The number of fused-ring (bicyclic) bond motifs is 1. The van der Waals surface area contributed by atoms with Crippen LogP contribution in [0, 0.1) is 6.92 Å². The Morgan fingerprint density at radius 3 is 2.11 bits per heavy atom. The third-order valence-corrected chi connectivity index (χ3v) is 3.97. The molecule has 0 spiro atoms. The minimum atomic E-state index is -4.37. The molecule has 144 valence electrons. The molecule has 28 heavy (non-hydrogen) atoms. The summed E-state index contributed by atoms with van der Waals surface area (Å²) in [5, 5.41) is 6.14. The minimum Gasteiger partial charge on any atom is -0.454 e. The van der Waals surface area contributed by atoms with Crippen molar-refractivity contribution in [2.45, 2.75) is 13.1 Å². The highest BCUT2D eigenvalue weighted by Crippen LogP contribution is 2.35. The van der Waals surface area contributed by atoms with E-state index in [1.807, 2.05) is 6.07 Å². The molecule has 2 N–H and O–H groups in total. The van der Waals surface area contributed by atoms with E-state index in [9.17, 15) is 13.2 Å². The predicted molar refractivity (Wildman–Crippen MR) is 97.3 cm³/mol. The van der Waals surface area contributed by atoms with Crippen LogP contribution in [-0.2, 0) is 6.18 Å². The first-order chi connectivity index (χ1) is 13.4. The monoisotopic (exact) mass is 388 g/mol. The van der Waals surface area contributed by atoms with E-state index >= 15 is 0 Å². The van der Waals surface area contributed by atoms with Crippen LogP contribution in [0.3, 0.4) is 0 Å². The van der Waals surface area contributed by atoms with Crippen LogP contribution in [0.15, 0.2) is 48.5 Å². The fraction of sp³-hybridized carbons (Fsp3) is 0.158. The number of ether oxygens (including phenoxy) is 2. The second-order valence-electron chi connectivity index (χ2n) is 6.08. The van der Waals surface area contributed by atoms with E-state index in [1.54, 1.807) is 25.1 Å². The van der Waals surface area contributed by atoms with Gasteiger partial charge in [0, 0.05) is 23.5 Å². The number of rotatable bonds is 4. The molecule has 0 unspecified atom stereocenters. The van der Waals surface area contributed by atoms with Crippen LogP contribution < -0.4 is 20.1 Å². The maximum atomic E-state index is 12.7. The molecular formula is C19H15F3N4O2. The first kappa shape index (κ1) is 17.9. The molecule has 9 heteroatoms. The van der Waals surface area contributed by atoms with E-state index in [1.165, 1.54) is 12.1 Å². The molecule has 6 nitrogen and oxygen atoms in total. The lowest BCUT2D eigenvalue weighted by Crippen LogP contribution is -2.05. The van der Waals surface area contributed by atoms with Crippen LogP contribution in [0.4, 0.5) is 36.2 Å². The molecule has 0 aliphatic carbocycles. The summed E-state index contributed by atoms with van der Waals surface area (Å²) in [6.07, 6.45) is -4.37. The Morgan fingerprint density at radius 1 is 0.821 bits per heavy atom. The maximum absolute atomic E-state index is 12.7. The van der Waals surface area contributed by atoms with Gasteiger partial charge in [0.1, 0.15) is 17.5 Å². The third kappa shape index (κ3) is 3.93. The van der Waals surface area contributed by atoms with Gasteiger partial charge in [0.25, 0.3) is 0 Å². The summed E-state index contributed by atoms with van der Waals surface area (Å²) in [5.41, 5.74) is 0.532. The number of alkyl halides is 3. The van der Waals surface area contributed by atoms with Gasteiger partial charge in [-0.2, -0.15) is 13.2 Å². The zero-order chi connectivity index (χ0) is 19.7. The van der Waals surface area contributed by atoms with Gasteiger partial charge < -0.3 is 20.1 Å². The number of nitrogens with one attached hydrogen (secondary N) is 2. The third-order valence-electron chi connectivity index (χ3n) is 3.97. The van der Waals surface area contributed by atoms with Crippen molar-refractivity contribution in [3.05, 3.63) is 59.9 Å². The van der Waals surface area contributed by atoms with Crippen molar-refractivity contribution in [3.8, 4) is 11.5 Å². The van der Waals surface area contributed by atoms with Gasteiger partial charge in [0.15, 0.2) is 11.5 Å². The van der Waals surface area contributed by atoms with Crippen LogP contribution >= 0.6 is 0 Å². The lowest BCUT2D eigenvalue weighted by Gasteiger charge is -2.12. The average Bonchev–Trinajstić information content (AvgIpc) is 3.08. The summed E-state index contributed by atoms with van der Waals surface area (Å²) >= 11 is 0. The van der Waals surface area contributed by atoms with Gasteiger partial charge >= 0.3 is 6.18 Å². The van der Waals surface area contributed by atoms with Crippen LogP contribution in [0.2, 0.25) is 0 Å². The van der Waals surface area contributed by atoms with Gasteiger partial charge in [-0.15, -0.1) is 0 Å². The van der Waals surface area contributed by atoms with Crippen LogP contribution in [0.25, 0.3) is 0 Å². The predicted octanol–water partition coefficient (Wildman–Crippen LogP) is 5.02. The lowest BCUT2D eigenvalue weighted by molar-refractivity contribution is -0.137. The van der Waals surface area contributed by atoms with E-state index in [0.717, 1.165) is 17.8 Å². The second-order valence-corrected chi connectivity index (χ2v) is 6.08. The minimum absolute atomic E-state index is 0.187. The van der Waals surface area contributed by atoms with Crippen LogP contribution in [0.5, 0.6) is 11.5 Å². The van der Waals surface area contributed by atoms with Gasteiger partial charge in [-0.1, -0.05) is 0 Å². The smallest absolute Gasteiger partial charge is 0.416 e. The number of aryl methyl sites for hydroxylation is 1. The molecule has 1 aliphatic rings. The second kappa shape index (κ2) is 6.91. The maximum Gasteiger partial charge on any atom is 0.416 e. The fourth-order valence-corrected chi connectivity index (χ4v) is 2.71. The van der Waals surface area contributed by atoms with Crippen molar-refractivity contribution in [1.29, 1.82) is 0 Å². The number of hydrogen-bond acceptors (Lipinski definition) is 6. The zero-order valence-electron chi connectivity index (χ0n) is 14.7. The first-order valence-corrected chi connectivity index (χ1v) is 8.33. The zero-order valence-corrected chi connectivity index (χ0v) is 14.7. The number of halogens is 3. The molecule has 2 heterocycles. The van der Waals surface area contributed by atoms with Crippen LogP contribution in [-0.4, -0.2) is 16.8 Å². The largest absolute Gasteiger partial charge is 0.454 e. The van der Waals surface area contributed by atoms with E-state index in [0.29, 0.717) is 34.6 Å². The van der Waals surface area contributed by atoms with Gasteiger partial charge in [0.05, 0.1) is 5.56 Å². The van der Waals surface area contributed by atoms with Crippen molar-refractivity contribution in [2.24, 2.45) is 0 Å². The molecule has 4 rings (SSSR count). The van der Waals surface area contributed by atoms with Gasteiger partial charge in [-0.05, 0) is 43.3 Å².